The molecule has 0 fully saturated rings. The number of ether oxygens (including phenoxy) is 2. The fourth-order valence-electron chi connectivity index (χ4n) is 1.59. The Bertz CT molecular complexity index is 521. The van der Waals surface area contributed by atoms with Gasteiger partial charge in [-0.2, -0.15) is 0 Å². The van der Waals surface area contributed by atoms with Crippen LogP contribution in [-0.2, 0) is 9.47 Å². The average Bonchev–Trinajstić information content (AvgIpc) is 2.90. The van der Waals surface area contributed by atoms with Crippen LogP contribution >= 0.6 is 27.3 Å². The smallest absolute Gasteiger partial charge is 0.267 e. The van der Waals surface area contributed by atoms with E-state index in [1.54, 1.807) is 18.4 Å². The molecular formula is C12H15BrN2O3S. The molecule has 0 aromatic carbocycles. The van der Waals surface area contributed by atoms with Crippen molar-refractivity contribution in [3.05, 3.63) is 21.6 Å². The predicted octanol–water partition coefficient (Wildman–Crippen LogP) is 2.38. The van der Waals surface area contributed by atoms with Crippen LogP contribution in [0.15, 0.2) is 15.9 Å². The van der Waals surface area contributed by atoms with Gasteiger partial charge in [-0.05, 0) is 28.1 Å². The minimum absolute atomic E-state index is 0.116. The van der Waals surface area contributed by atoms with Gasteiger partial charge in [0.05, 0.1) is 23.6 Å². The fraction of sp³-hybridized carbons (Fsp3) is 0.417. The number of carbonyl (C=O) groups is 1. The molecule has 0 saturated carbocycles. The molecule has 0 saturated heterocycles. The lowest BCUT2D eigenvalue weighted by atomic mass is 10.3. The van der Waals surface area contributed by atoms with Crippen LogP contribution in [0.3, 0.4) is 0 Å². The third-order valence-corrected chi connectivity index (χ3v) is 4.06. The summed E-state index contributed by atoms with van der Waals surface area (Å²) in [7, 11) is 1.63. The van der Waals surface area contributed by atoms with Crippen molar-refractivity contribution in [1.82, 2.24) is 10.3 Å². The van der Waals surface area contributed by atoms with Gasteiger partial charge in [0.25, 0.3) is 5.91 Å². The van der Waals surface area contributed by atoms with Gasteiger partial charge in [-0.15, -0.1) is 11.3 Å². The van der Waals surface area contributed by atoms with E-state index in [0.29, 0.717) is 32.1 Å². The second kappa shape index (κ2) is 7.04. The highest BCUT2D eigenvalue weighted by molar-refractivity contribution is 9.11. The molecule has 0 aliphatic heterocycles. The van der Waals surface area contributed by atoms with Gasteiger partial charge in [-0.3, -0.25) is 4.79 Å². The van der Waals surface area contributed by atoms with Gasteiger partial charge in [0, 0.05) is 19.0 Å². The summed E-state index contributed by atoms with van der Waals surface area (Å²) in [4.78, 5) is 15.9. The van der Waals surface area contributed by atoms with Crippen molar-refractivity contribution in [1.29, 1.82) is 0 Å². The van der Waals surface area contributed by atoms with Gasteiger partial charge < -0.3 is 19.8 Å². The third-order valence-electron chi connectivity index (χ3n) is 2.49. The van der Waals surface area contributed by atoms with Gasteiger partial charge >= 0.3 is 0 Å². The van der Waals surface area contributed by atoms with E-state index in [0.717, 1.165) is 14.0 Å². The van der Waals surface area contributed by atoms with Gasteiger partial charge in [0.15, 0.2) is 0 Å². The Labute approximate surface area is 123 Å². The number of hydrogen-bond donors (Lipinski definition) is 2. The first-order valence-corrected chi connectivity index (χ1v) is 7.44. The van der Waals surface area contributed by atoms with Crippen molar-refractivity contribution in [2.45, 2.75) is 0 Å². The molecule has 0 spiro atoms. The molecule has 19 heavy (non-hydrogen) atoms. The zero-order valence-electron chi connectivity index (χ0n) is 10.5. The Morgan fingerprint density at radius 1 is 1.42 bits per heavy atom. The van der Waals surface area contributed by atoms with Gasteiger partial charge in [-0.1, -0.05) is 0 Å². The van der Waals surface area contributed by atoms with Crippen molar-refractivity contribution in [2.24, 2.45) is 0 Å². The van der Waals surface area contributed by atoms with Gasteiger partial charge in [-0.25, -0.2) is 0 Å². The number of nitrogens with one attached hydrogen (secondary N) is 2. The van der Waals surface area contributed by atoms with E-state index >= 15 is 0 Å². The number of carbonyl (C=O) groups excluding carboxylic acids is 1. The molecule has 0 atom stereocenters. The van der Waals surface area contributed by atoms with Gasteiger partial charge in [0.1, 0.15) is 10.5 Å². The number of hydrogen-bond acceptors (Lipinski definition) is 4. The summed E-state index contributed by atoms with van der Waals surface area (Å²) < 4.78 is 11.2. The number of aromatic nitrogens is 1. The predicted molar refractivity (Wildman–Crippen MR) is 78.9 cm³/mol. The summed E-state index contributed by atoms with van der Waals surface area (Å²) >= 11 is 4.98. The van der Waals surface area contributed by atoms with E-state index < -0.39 is 0 Å². The zero-order chi connectivity index (χ0) is 13.7. The normalized spacial score (nSPS) is 11.1. The average molecular weight is 347 g/mol. The number of methoxy groups -OCH3 is 1. The van der Waals surface area contributed by atoms with Gasteiger partial charge in [0.2, 0.25) is 0 Å². The molecule has 0 radical (unpaired) electrons. The number of H-pyrrole nitrogens is 1. The monoisotopic (exact) mass is 346 g/mol. The van der Waals surface area contributed by atoms with Crippen LogP contribution in [0.25, 0.3) is 10.2 Å². The molecular weight excluding hydrogens is 332 g/mol. The quantitative estimate of drug-likeness (QED) is 0.756. The third kappa shape index (κ3) is 4.04. The first-order valence-electron chi connectivity index (χ1n) is 5.83. The zero-order valence-corrected chi connectivity index (χ0v) is 12.9. The summed E-state index contributed by atoms with van der Waals surface area (Å²) in [5, 5.41) is 3.84. The molecule has 0 aliphatic carbocycles. The second-order valence-electron chi connectivity index (χ2n) is 3.88. The lowest BCUT2D eigenvalue weighted by Crippen LogP contribution is -2.27. The molecule has 2 heterocycles. The first kappa shape index (κ1) is 14.5. The molecule has 2 aromatic rings. The topological polar surface area (TPSA) is 63.4 Å². The highest BCUT2D eigenvalue weighted by atomic mass is 79.9. The summed E-state index contributed by atoms with van der Waals surface area (Å²) in [6.07, 6.45) is 0. The van der Waals surface area contributed by atoms with Crippen molar-refractivity contribution in [2.75, 3.05) is 33.5 Å². The van der Waals surface area contributed by atoms with Crippen molar-refractivity contribution in [3.63, 3.8) is 0 Å². The first-order chi connectivity index (χ1) is 9.20. The van der Waals surface area contributed by atoms with E-state index in [1.165, 1.54) is 0 Å². The van der Waals surface area contributed by atoms with E-state index in [9.17, 15) is 4.79 Å². The molecule has 2 rings (SSSR count). The van der Waals surface area contributed by atoms with Crippen LogP contribution in [0, 0.1) is 0 Å². The van der Waals surface area contributed by atoms with Crippen LogP contribution in [0.1, 0.15) is 10.5 Å². The van der Waals surface area contributed by atoms with Crippen LogP contribution in [-0.4, -0.2) is 44.4 Å². The number of amides is 1. The molecule has 0 aliphatic rings. The maximum atomic E-state index is 11.9. The molecule has 1 amide bonds. The summed E-state index contributed by atoms with van der Waals surface area (Å²) in [6, 6.07) is 3.83. The van der Waals surface area contributed by atoms with Crippen molar-refractivity contribution in [3.8, 4) is 0 Å². The molecule has 0 unspecified atom stereocenters. The maximum Gasteiger partial charge on any atom is 0.267 e. The molecule has 2 N–H and O–H groups in total. The maximum absolute atomic E-state index is 11.9. The number of rotatable bonds is 7. The van der Waals surface area contributed by atoms with Crippen molar-refractivity contribution < 1.29 is 14.3 Å². The molecule has 104 valence electrons. The Balaban J connectivity index is 1.78. The lowest BCUT2D eigenvalue weighted by molar-refractivity contribution is 0.0692. The highest BCUT2D eigenvalue weighted by Gasteiger charge is 2.10. The Hall–Kier alpha value is -0.890. The largest absolute Gasteiger partial charge is 0.382 e. The second-order valence-corrected chi connectivity index (χ2v) is 6.31. The fourth-order valence-corrected chi connectivity index (χ4v) is 3.10. The molecule has 7 heteroatoms. The minimum Gasteiger partial charge on any atom is -0.382 e. The summed E-state index contributed by atoms with van der Waals surface area (Å²) in [6.45, 7) is 2.07. The van der Waals surface area contributed by atoms with Crippen molar-refractivity contribution >= 4 is 43.4 Å². The number of fused-ring (bicyclic) bond motifs is 1. The Morgan fingerprint density at radius 3 is 3.00 bits per heavy atom. The summed E-state index contributed by atoms with van der Waals surface area (Å²) in [5.74, 6) is -0.116. The number of halogens is 1. The van der Waals surface area contributed by atoms with Crippen LogP contribution < -0.4 is 5.32 Å². The Kier molecular flexibility index (Phi) is 5.38. The molecule has 5 nitrogen and oxygen atoms in total. The SMILES string of the molecule is COCCOCCNC(=O)c1cc2cc(Br)sc2[nH]1. The Morgan fingerprint density at radius 2 is 2.26 bits per heavy atom. The van der Waals surface area contributed by atoms with E-state index in [-0.39, 0.29) is 5.91 Å². The van der Waals surface area contributed by atoms with E-state index in [4.69, 9.17) is 9.47 Å². The molecule has 2 aromatic heterocycles. The van der Waals surface area contributed by atoms with E-state index in [1.807, 2.05) is 12.1 Å². The summed E-state index contributed by atoms with van der Waals surface area (Å²) in [5.41, 5.74) is 0.575. The standard InChI is InChI=1S/C12H15BrN2O3S/c1-17-4-5-18-3-2-14-11(16)9-6-8-7-10(13)19-12(8)15-9/h6-7,15H,2-5H2,1H3,(H,14,16). The number of thiophene rings is 1. The van der Waals surface area contributed by atoms with E-state index in [2.05, 4.69) is 26.2 Å². The molecule has 0 bridgehead atoms. The van der Waals surface area contributed by atoms with Crippen LogP contribution in [0.5, 0.6) is 0 Å². The van der Waals surface area contributed by atoms with Crippen LogP contribution in [0.4, 0.5) is 0 Å². The lowest BCUT2D eigenvalue weighted by Gasteiger charge is -2.04. The number of aromatic amines is 1. The van der Waals surface area contributed by atoms with Crippen LogP contribution in [0.2, 0.25) is 0 Å². The minimum atomic E-state index is -0.116. The highest BCUT2D eigenvalue weighted by Crippen LogP contribution is 2.29.